The second-order valence-electron chi connectivity index (χ2n) is 3.67. The molecule has 6 heteroatoms. The number of rotatable bonds is 3. The maximum absolute atomic E-state index is 11.1. The van der Waals surface area contributed by atoms with Gasteiger partial charge in [0.25, 0.3) is 0 Å². The first-order valence-corrected chi connectivity index (χ1v) is 5.02. The zero-order valence-electron chi connectivity index (χ0n) is 9.34. The van der Waals surface area contributed by atoms with Crippen LogP contribution in [0.15, 0.2) is 30.5 Å². The van der Waals surface area contributed by atoms with Crippen molar-refractivity contribution in [3.63, 3.8) is 0 Å². The zero-order chi connectivity index (χ0) is 12.4. The zero-order valence-corrected chi connectivity index (χ0v) is 9.34. The van der Waals surface area contributed by atoms with Gasteiger partial charge in [-0.2, -0.15) is 5.10 Å². The molecule has 5 N–H and O–H groups in total. The van der Waals surface area contributed by atoms with E-state index in [1.165, 1.54) is 0 Å². The van der Waals surface area contributed by atoms with Crippen LogP contribution < -0.4 is 16.8 Å². The van der Waals surface area contributed by atoms with Crippen LogP contribution in [-0.2, 0) is 7.05 Å². The molecule has 1 aromatic heterocycles. The van der Waals surface area contributed by atoms with E-state index in [4.69, 9.17) is 11.5 Å². The molecule has 0 atom stereocenters. The second kappa shape index (κ2) is 4.17. The highest BCUT2D eigenvalue weighted by Gasteiger charge is 2.06. The second-order valence-corrected chi connectivity index (χ2v) is 3.67. The molecule has 0 saturated heterocycles. The molecule has 0 radical (unpaired) electrons. The average Bonchev–Trinajstić information content (AvgIpc) is 2.67. The van der Waals surface area contributed by atoms with E-state index in [2.05, 4.69) is 10.4 Å². The van der Waals surface area contributed by atoms with Gasteiger partial charge in [-0.05, 0) is 18.2 Å². The molecule has 88 valence electrons. The Labute approximate surface area is 98.2 Å². The van der Waals surface area contributed by atoms with Crippen molar-refractivity contribution in [2.75, 3.05) is 11.1 Å². The van der Waals surface area contributed by atoms with Crippen molar-refractivity contribution in [1.82, 2.24) is 9.78 Å². The van der Waals surface area contributed by atoms with Crippen molar-refractivity contribution in [3.8, 4) is 0 Å². The normalized spacial score (nSPS) is 10.2. The van der Waals surface area contributed by atoms with E-state index in [0.29, 0.717) is 22.8 Å². The van der Waals surface area contributed by atoms with Crippen LogP contribution in [0.3, 0.4) is 0 Å². The molecule has 1 heterocycles. The largest absolute Gasteiger partial charge is 0.397 e. The summed E-state index contributed by atoms with van der Waals surface area (Å²) >= 11 is 0. The van der Waals surface area contributed by atoms with Gasteiger partial charge in [-0.1, -0.05) is 0 Å². The third-order valence-corrected chi connectivity index (χ3v) is 2.31. The van der Waals surface area contributed by atoms with Gasteiger partial charge in [-0.3, -0.25) is 9.48 Å². The Morgan fingerprint density at radius 1 is 1.41 bits per heavy atom. The van der Waals surface area contributed by atoms with Gasteiger partial charge >= 0.3 is 0 Å². The molecule has 0 unspecified atom stereocenters. The third kappa shape index (κ3) is 2.36. The molecule has 0 aliphatic rings. The number of carbonyl (C=O) groups excluding carboxylic acids is 1. The van der Waals surface area contributed by atoms with Crippen molar-refractivity contribution in [2.45, 2.75) is 0 Å². The van der Waals surface area contributed by atoms with Crippen molar-refractivity contribution in [2.24, 2.45) is 12.8 Å². The third-order valence-electron chi connectivity index (χ3n) is 2.31. The van der Waals surface area contributed by atoms with E-state index < -0.39 is 5.91 Å². The summed E-state index contributed by atoms with van der Waals surface area (Å²) in [4.78, 5) is 11.1. The number of amides is 1. The number of anilines is 3. The topological polar surface area (TPSA) is 99.0 Å². The molecule has 0 bridgehead atoms. The summed E-state index contributed by atoms with van der Waals surface area (Å²) in [5, 5.41) is 7.18. The predicted molar refractivity (Wildman–Crippen MR) is 65.9 cm³/mol. The van der Waals surface area contributed by atoms with Gasteiger partial charge in [-0.15, -0.1) is 0 Å². The number of nitrogen functional groups attached to an aromatic ring is 1. The quantitative estimate of drug-likeness (QED) is 0.682. The van der Waals surface area contributed by atoms with Crippen LogP contribution in [0.5, 0.6) is 0 Å². The lowest BCUT2D eigenvalue weighted by atomic mass is 10.1. The van der Waals surface area contributed by atoms with E-state index in [-0.39, 0.29) is 0 Å². The molecule has 1 aromatic carbocycles. The fourth-order valence-corrected chi connectivity index (χ4v) is 1.44. The smallest absolute Gasteiger partial charge is 0.248 e. The molecule has 0 saturated carbocycles. The number of nitrogens with zero attached hydrogens (tertiary/aromatic N) is 2. The molecular formula is C11H13N5O. The Balaban J connectivity index is 2.31. The molecule has 6 nitrogen and oxygen atoms in total. The van der Waals surface area contributed by atoms with Crippen molar-refractivity contribution >= 4 is 23.1 Å². The lowest BCUT2D eigenvalue weighted by Gasteiger charge is -2.07. The molecule has 0 spiro atoms. The fraction of sp³-hybridized carbons (Fsp3) is 0.0909. The summed E-state index contributed by atoms with van der Waals surface area (Å²) in [6.45, 7) is 0. The van der Waals surface area contributed by atoms with Crippen molar-refractivity contribution in [3.05, 3.63) is 36.0 Å². The SMILES string of the molecule is Cn1ccc(Nc2cc(C(N)=O)ccc2N)n1. The highest BCUT2D eigenvalue weighted by atomic mass is 16.1. The lowest BCUT2D eigenvalue weighted by Crippen LogP contribution is -2.11. The number of carbonyl (C=O) groups is 1. The first-order chi connectivity index (χ1) is 8.06. The molecule has 0 aliphatic carbocycles. The summed E-state index contributed by atoms with van der Waals surface area (Å²) in [7, 11) is 1.81. The van der Waals surface area contributed by atoms with E-state index in [0.717, 1.165) is 0 Å². The van der Waals surface area contributed by atoms with Crippen LogP contribution in [0.1, 0.15) is 10.4 Å². The number of aryl methyl sites for hydroxylation is 1. The molecule has 2 rings (SSSR count). The molecule has 2 aromatic rings. The average molecular weight is 231 g/mol. The number of hydrogen-bond acceptors (Lipinski definition) is 4. The Kier molecular flexibility index (Phi) is 2.70. The van der Waals surface area contributed by atoms with E-state index >= 15 is 0 Å². The Bertz CT molecular complexity index is 561. The van der Waals surface area contributed by atoms with E-state index in [1.54, 1.807) is 35.1 Å². The van der Waals surface area contributed by atoms with Crippen LogP contribution in [0.2, 0.25) is 0 Å². The molecule has 1 amide bonds. The summed E-state index contributed by atoms with van der Waals surface area (Å²) < 4.78 is 1.66. The minimum absolute atomic E-state index is 0.401. The van der Waals surface area contributed by atoms with Gasteiger partial charge in [0.1, 0.15) is 0 Å². The number of benzene rings is 1. The van der Waals surface area contributed by atoms with Crippen molar-refractivity contribution in [1.29, 1.82) is 0 Å². The Morgan fingerprint density at radius 2 is 2.18 bits per heavy atom. The lowest BCUT2D eigenvalue weighted by molar-refractivity contribution is 0.100. The van der Waals surface area contributed by atoms with Crippen LogP contribution in [0.4, 0.5) is 17.2 Å². The minimum Gasteiger partial charge on any atom is -0.397 e. The number of nitrogens with one attached hydrogen (secondary N) is 1. The van der Waals surface area contributed by atoms with Gasteiger partial charge in [0, 0.05) is 24.9 Å². The number of hydrogen-bond donors (Lipinski definition) is 3. The molecule has 0 fully saturated rings. The van der Waals surface area contributed by atoms with Crippen LogP contribution in [-0.4, -0.2) is 15.7 Å². The van der Waals surface area contributed by atoms with Crippen molar-refractivity contribution < 1.29 is 4.79 Å². The number of aromatic nitrogens is 2. The minimum atomic E-state index is -0.492. The predicted octanol–water partition coefficient (Wildman–Crippen LogP) is 0.845. The summed E-state index contributed by atoms with van der Waals surface area (Å²) in [5.41, 5.74) is 12.5. The highest BCUT2D eigenvalue weighted by molar-refractivity contribution is 5.95. The Morgan fingerprint density at radius 3 is 2.76 bits per heavy atom. The molecule has 17 heavy (non-hydrogen) atoms. The molecular weight excluding hydrogens is 218 g/mol. The van der Waals surface area contributed by atoms with Gasteiger partial charge in [0.15, 0.2) is 5.82 Å². The fourth-order valence-electron chi connectivity index (χ4n) is 1.44. The Hall–Kier alpha value is -2.50. The maximum Gasteiger partial charge on any atom is 0.248 e. The van der Waals surface area contributed by atoms with E-state index in [9.17, 15) is 4.79 Å². The number of primary amides is 1. The maximum atomic E-state index is 11.1. The van der Waals surface area contributed by atoms with Crippen LogP contribution in [0.25, 0.3) is 0 Å². The highest BCUT2D eigenvalue weighted by Crippen LogP contribution is 2.23. The monoisotopic (exact) mass is 231 g/mol. The van der Waals surface area contributed by atoms with Crippen LogP contribution in [0, 0.1) is 0 Å². The summed E-state index contributed by atoms with van der Waals surface area (Å²) in [6.07, 6.45) is 1.80. The number of nitrogens with two attached hydrogens (primary N) is 2. The summed E-state index contributed by atoms with van der Waals surface area (Å²) in [5.74, 6) is 0.162. The first kappa shape index (κ1) is 11.0. The standard InChI is InChI=1S/C11H13N5O/c1-16-5-4-10(15-16)14-9-6-7(11(13)17)2-3-8(9)12/h2-6H,12H2,1H3,(H2,13,17)(H,14,15). The van der Waals surface area contributed by atoms with Crippen LogP contribution >= 0.6 is 0 Å². The van der Waals surface area contributed by atoms with E-state index in [1.807, 2.05) is 7.05 Å². The molecule has 0 aliphatic heterocycles. The van der Waals surface area contributed by atoms with Gasteiger partial charge in [0.05, 0.1) is 11.4 Å². The first-order valence-electron chi connectivity index (χ1n) is 5.02. The van der Waals surface area contributed by atoms with Gasteiger partial charge < -0.3 is 16.8 Å². The summed E-state index contributed by atoms with van der Waals surface area (Å²) in [6, 6.07) is 6.62. The van der Waals surface area contributed by atoms with Gasteiger partial charge in [-0.25, -0.2) is 0 Å². The van der Waals surface area contributed by atoms with Gasteiger partial charge in [0.2, 0.25) is 5.91 Å².